The first-order chi connectivity index (χ1) is 14.3. The molecule has 170 valence electrons. The van der Waals surface area contributed by atoms with Crippen LogP contribution in [0.2, 0.25) is 0 Å². The first-order valence-electron chi connectivity index (χ1n) is 8.65. The van der Waals surface area contributed by atoms with E-state index >= 15 is 0 Å². The molecule has 0 radical (unpaired) electrons. The minimum absolute atomic E-state index is 0.0654. The van der Waals surface area contributed by atoms with E-state index < -0.39 is 60.1 Å². The SMILES string of the molecule is CS(=O)(=O)c1cccc(-c2cn([C@@H]3O[C@H](COP(=O)(O)O)[C@@H](O)[C@H]3O)c(=O)[nH]c2=O)c1. The third kappa shape index (κ3) is 5.19. The molecule has 2 aromatic rings. The van der Waals surface area contributed by atoms with Gasteiger partial charge in [-0.1, -0.05) is 12.1 Å². The summed E-state index contributed by atoms with van der Waals surface area (Å²) in [5.74, 6) is 0. The number of nitrogens with zero attached hydrogens (tertiary/aromatic N) is 1. The molecule has 31 heavy (non-hydrogen) atoms. The Morgan fingerprint density at radius 1 is 1.23 bits per heavy atom. The summed E-state index contributed by atoms with van der Waals surface area (Å²) in [7, 11) is -8.45. The van der Waals surface area contributed by atoms with Crippen molar-refractivity contribution >= 4 is 17.7 Å². The third-order valence-corrected chi connectivity index (χ3v) is 6.15. The van der Waals surface area contributed by atoms with Crippen molar-refractivity contribution in [2.45, 2.75) is 29.4 Å². The Morgan fingerprint density at radius 3 is 2.52 bits per heavy atom. The van der Waals surface area contributed by atoms with Gasteiger partial charge in [-0.2, -0.15) is 0 Å². The molecule has 15 heteroatoms. The normalized spacial score (nSPS) is 24.4. The van der Waals surface area contributed by atoms with Crippen LogP contribution in [-0.4, -0.2) is 69.1 Å². The van der Waals surface area contributed by atoms with E-state index in [1.807, 2.05) is 4.98 Å². The van der Waals surface area contributed by atoms with Gasteiger partial charge in [0.2, 0.25) is 0 Å². The molecule has 4 atom stereocenters. The summed E-state index contributed by atoms with van der Waals surface area (Å²) in [5, 5.41) is 20.3. The summed E-state index contributed by atoms with van der Waals surface area (Å²) < 4.78 is 44.8. The molecule has 0 bridgehead atoms. The lowest BCUT2D eigenvalue weighted by Crippen LogP contribution is -2.38. The lowest BCUT2D eigenvalue weighted by atomic mass is 10.1. The van der Waals surface area contributed by atoms with E-state index in [4.69, 9.17) is 14.5 Å². The number of aliphatic hydroxyl groups excluding tert-OH is 2. The molecule has 0 saturated carbocycles. The topological polar surface area (TPSA) is 205 Å². The van der Waals surface area contributed by atoms with Gasteiger partial charge >= 0.3 is 13.5 Å². The highest BCUT2D eigenvalue weighted by Gasteiger charge is 2.45. The molecular formula is C16H19N2O11PS. The second-order valence-electron chi connectivity index (χ2n) is 6.84. The molecule has 1 fully saturated rings. The molecule has 2 heterocycles. The largest absolute Gasteiger partial charge is 0.469 e. The van der Waals surface area contributed by atoms with Crippen molar-refractivity contribution in [3.8, 4) is 11.1 Å². The molecule has 1 aromatic carbocycles. The van der Waals surface area contributed by atoms with Gasteiger partial charge < -0.3 is 24.7 Å². The standard InChI is InChI=1S/C16H19N2O11PS/c1-31(26,27)9-4-2-3-8(5-9)10-6-18(16(22)17-14(10)21)15-13(20)12(19)11(29-15)7-28-30(23,24)25/h2-6,11-13,15,19-20H,7H2,1H3,(H,17,21,22)(H2,23,24,25)/t11-,12-,13-,15-/m1/s1. The molecule has 1 aromatic heterocycles. The van der Waals surface area contributed by atoms with Gasteiger partial charge in [-0.3, -0.25) is 18.9 Å². The van der Waals surface area contributed by atoms with Crippen molar-refractivity contribution in [3.05, 3.63) is 51.3 Å². The van der Waals surface area contributed by atoms with Crippen molar-refractivity contribution in [2.24, 2.45) is 0 Å². The van der Waals surface area contributed by atoms with Crippen LogP contribution in [0.3, 0.4) is 0 Å². The number of aromatic amines is 1. The molecule has 1 aliphatic rings. The molecule has 5 N–H and O–H groups in total. The molecular weight excluding hydrogens is 459 g/mol. The average molecular weight is 478 g/mol. The van der Waals surface area contributed by atoms with Gasteiger partial charge in [-0.05, 0) is 17.7 Å². The van der Waals surface area contributed by atoms with Gasteiger partial charge in [-0.15, -0.1) is 0 Å². The van der Waals surface area contributed by atoms with Gasteiger partial charge in [0.05, 0.1) is 17.1 Å². The number of H-pyrrole nitrogens is 1. The first-order valence-corrected chi connectivity index (χ1v) is 12.1. The number of hydrogen-bond acceptors (Lipinski definition) is 9. The van der Waals surface area contributed by atoms with Crippen LogP contribution in [0, 0.1) is 0 Å². The highest BCUT2D eigenvalue weighted by molar-refractivity contribution is 7.90. The van der Waals surface area contributed by atoms with Crippen molar-refractivity contribution in [1.29, 1.82) is 0 Å². The minimum Gasteiger partial charge on any atom is -0.387 e. The molecule has 13 nitrogen and oxygen atoms in total. The van der Waals surface area contributed by atoms with E-state index in [2.05, 4.69) is 4.52 Å². The maximum absolute atomic E-state index is 12.3. The van der Waals surface area contributed by atoms with Crippen LogP contribution in [-0.2, 0) is 23.7 Å². The Bertz CT molecular complexity index is 1250. The summed E-state index contributed by atoms with van der Waals surface area (Å²) in [6.07, 6.45) is -4.27. The minimum atomic E-state index is -4.88. The monoisotopic (exact) mass is 478 g/mol. The number of aromatic nitrogens is 2. The summed E-state index contributed by atoms with van der Waals surface area (Å²) in [6.45, 7) is -0.777. The van der Waals surface area contributed by atoms with Crippen molar-refractivity contribution in [2.75, 3.05) is 12.9 Å². The number of sulfone groups is 1. The van der Waals surface area contributed by atoms with Gasteiger partial charge in [0.25, 0.3) is 5.56 Å². The Morgan fingerprint density at radius 2 is 1.90 bits per heavy atom. The summed E-state index contributed by atoms with van der Waals surface area (Å²) in [4.78, 5) is 44.1. The van der Waals surface area contributed by atoms with Crippen molar-refractivity contribution in [1.82, 2.24) is 9.55 Å². The second kappa shape index (κ2) is 8.41. The van der Waals surface area contributed by atoms with Crippen LogP contribution in [0.5, 0.6) is 0 Å². The zero-order chi connectivity index (χ0) is 23.1. The van der Waals surface area contributed by atoms with E-state index in [9.17, 15) is 32.8 Å². The van der Waals surface area contributed by atoms with Crippen LogP contribution in [0.15, 0.2) is 44.9 Å². The van der Waals surface area contributed by atoms with Crippen molar-refractivity contribution < 1.29 is 42.2 Å². The highest BCUT2D eigenvalue weighted by Crippen LogP contribution is 2.38. The molecule has 1 aliphatic heterocycles. The second-order valence-corrected chi connectivity index (χ2v) is 10.1. The van der Waals surface area contributed by atoms with Gasteiger partial charge in [0, 0.05) is 12.5 Å². The number of aliphatic hydroxyl groups is 2. The van der Waals surface area contributed by atoms with Gasteiger partial charge in [0.15, 0.2) is 16.1 Å². The van der Waals surface area contributed by atoms with E-state index in [-0.39, 0.29) is 16.0 Å². The van der Waals surface area contributed by atoms with Crippen LogP contribution >= 0.6 is 7.82 Å². The van der Waals surface area contributed by atoms with Gasteiger partial charge in [0.1, 0.15) is 18.3 Å². The highest BCUT2D eigenvalue weighted by atomic mass is 32.2. The fourth-order valence-electron chi connectivity index (χ4n) is 3.04. The fraction of sp³-hybridized carbons (Fsp3) is 0.375. The molecule has 0 unspecified atom stereocenters. The molecule has 0 aliphatic carbocycles. The Balaban J connectivity index is 2.00. The van der Waals surface area contributed by atoms with Crippen LogP contribution in [0.4, 0.5) is 0 Å². The number of rotatable bonds is 6. The number of phosphoric ester groups is 1. The molecule has 0 amide bonds. The number of phosphoric acid groups is 1. The predicted molar refractivity (Wildman–Crippen MR) is 104 cm³/mol. The smallest absolute Gasteiger partial charge is 0.387 e. The van der Waals surface area contributed by atoms with Crippen molar-refractivity contribution in [3.63, 3.8) is 0 Å². The molecule has 0 spiro atoms. The average Bonchev–Trinajstić information content (AvgIpc) is 2.94. The number of ether oxygens (including phenoxy) is 1. The maximum atomic E-state index is 12.3. The molecule has 1 saturated heterocycles. The predicted octanol–water partition coefficient (Wildman–Crippen LogP) is -1.66. The van der Waals surface area contributed by atoms with E-state index in [0.29, 0.717) is 0 Å². The first kappa shape index (κ1) is 23.5. The number of hydrogen-bond donors (Lipinski definition) is 5. The number of benzene rings is 1. The number of nitrogens with one attached hydrogen (secondary N) is 1. The fourth-order valence-corrected chi connectivity index (χ4v) is 4.05. The van der Waals surface area contributed by atoms with Crippen LogP contribution in [0.1, 0.15) is 6.23 Å². The lowest BCUT2D eigenvalue weighted by molar-refractivity contribution is -0.0542. The van der Waals surface area contributed by atoms with E-state index in [1.165, 1.54) is 24.3 Å². The van der Waals surface area contributed by atoms with E-state index in [1.54, 1.807) is 0 Å². The van der Waals surface area contributed by atoms with Crippen LogP contribution < -0.4 is 11.2 Å². The quantitative estimate of drug-likeness (QED) is 0.297. The zero-order valence-electron chi connectivity index (χ0n) is 15.9. The molecule has 3 rings (SSSR count). The summed E-state index contributed by atoms with van der Waals surface area (Å²) in [6, 6.07) is 5.40. The Labute approximate surface area is 174 Å². The Kier molecular flexibility index (Phi) is 6.37. The third-order valence-electron chi connectivity index (χ3n) is 4.56. The van der Waals surface area contributed by atoms with Gasteiger partial charge in [-0.25, -0.2) is 17.8 Å². The van der Waals surface area contributed by atoms with E-state index in [0.717, 1.165) is 17.0 Å². The maximum Gasteiger partial charge on any atom is 0.469 e. The lowest BCUT2D eigenvalue weighted by Gasteiger charge is -2.18. The summed E-state index contributed by atoms with van der Waals surface area (Å²) in [5.41, 5.74) is -1.79. The van der Waals surface area contributed by atoms with Crippen LogP contribution in [0.25, 0.3) is 11.1 Å². The summed E-state index contributed by atoms with van der Waals surface area (Å²) >= 11 is 0. The Hall–Kier alpha value is -2.16. The zero-order valence-corrected chi connectivity index (χ0v) is 17.6.